The van der Waals surface area contributed by atoms with Crippen molar-refractivity contribution in [1.29, 1.82) is 0 Å². The van der Waals surface area contributed by atoms with Crippen molar-refractivity contribution in [2.75, 3.05) is 0 Å². The summed E-state index contributed by atoms with van der Waals surface area (Å²) in [5, 5.41) is 0. The van der Waals surface area contributed by atoms with Crippen LogP contribution in [0.25, 0.3) is 0 Å². The van der Waals surface area contributed by atoms with Gasteiger partial charge in [-0.05, 0) is 50.2 Å². The van der Waals surface area contributed by atoms with Crippen molar-refractivity contribution in [2.45, 2.75) is 57.2 Å². The van der Waals surface area contributed by atoms with Crippen molar-refractivity contribution < 1.29 is 22.7 Å². The van der Waals surface area contributed by atoms with E-state index in [2.05, 4.69) is 0 Å². The van der Waals surface area contributed by atoms with Crippen LogP contribution in [0.1, 0.15) is 55.8 Å². The molecular weight excluding hydrogens is 365 g/mol. The Labute approximate surface area is 162 Å². The summed E-state index contributed by atoms with van der Waals surface area (Å²) >= 11 is 0. The maximum absolute atomic E-state index is 14.4. The van der Waals surface area contributed by atoms with Gasteiger partial charge in [-0.3, -0.25) is 4.79 Å². The van der Waals surface area contributed by atoms with Crippen LogP contribution in [0.2, 0.25) is 0 Å². The quantitative estimate of drug-likeness (QED) is 0.629. The Balaban J connectivity index is 1.59. The van der Waals surface area contributed by atoms with Gasteiger partial charge < -0.3 is 4.74 Å². The van der Waals surface area contributed by atoms with Gasteiger partial charge in [0, 0.05) is 23.5 Å². The van der Waals surface area contributed by atoms with Crippen LogP contribution < -0.4 is 0 Å². The summed E-state index contributed by atoms with van der Waals surface area (Å²) in [6.45, 7) is 0. The molecule has 0 radical (unpaired) electrons. The van der Waals surface area contributed by atoms with E-state index in [0.717, 1.165) is 25.3 Å². The highest BCUT2D eigenvalue weighted by atomic mass is 19.2. The van der Waals surface area contributed by atoms with E-state index in [1.165, 1.54) is 5.56 Å². The lowest BCUT2D eigenvalue weighted by Gasteiger charge is -2.42. The Bertz CT molecular complexity index is 868. The molecule has 0 bridgehead atoms. The molecule has 1 saturated carbocycles. The van der Waals surface area contributed by atoms with E-state index in [1.54, 1.807) is 0 Å². The van der Waals surface area contributed by atoms with Crippen LogP contribution in [-0.4, -0.2) is 11.9 Å². The summed E-state index contributed by atoms with van der Waals surface area (Å²) in [4.78, 5) is 12.7. The Hall–Kier alpha value is -2.14. The highest BCUT2D eigenvalue weighted by molar-refractivity contribution is 5.87. The molecular formula is C23H23F3O2. The Morgan fingerprint density at radius 1 is 1.00 bits per heavy atom. The standard InChI is InChI=1S/C23H23F3O2/c24-18-12-20(26)19(25)11-17(18)21-14-23(10-4-7-22(23)27)13-16(28-21)9-8-15-5-2-1-3-6-15/h1-3,5-6,11-12,16,21H,4,7-10,13-14H2/t16-,21-,23-/m1/s1. The van der Waals surface area contributed by atoms with E-state index >= 15 is 0 Å². The predicted octanol–water partition coefficient (Wildman–Crippen LogP) is 5.70. The van der Waals surface area contributed by atoms with Gasteiger partial charge in [0.15, 0.2) is 11.6 Å². The van der Waals surface area contributed by atoms with Gasteiger partial charge in [0.05, 0.1) is 12.2 Å². The summed E-state index contributed by atoms with van der Waals surface area (Å²) in [6, 6.07) is 11.4. The van der Waals surface area contributed by atoms with E-state index < -0.39 is 29.0 Å². The number of hydrogen-bond acceptors (Lipinski definition) is 2. The Morgan fingerprint density at radius 2 is 1.75 bits per heavy atom. The van der Waals surface area contributed by atoms with Gasteiger partial charge in [-0.15, -0.1) is 0 Å². The number of hydrogen-bond donors (Lipinski definition) is 0. The average molecular weight is 388 g/mol. The molecule has 2 nitrogen and oxygen atoms in total. The fourth-order valence-electron chi connectivity index (χ4n) is 4.74. The number of benzene rings is 2. The zero-order chi connectivity index (χ0) is 19.7. The second-order valence-electron chi connectivity index (χ2n) is 8.02. The molecule has 0 aromatic heterocycles. The molecule has 0 N–H and O–H groups in total. The van der Waals surface area contributed by atoms with Gasteiger partial charge in [0.2, 0.25) is 0 Å². The number of ether oxygens (including phenoxy) is 1. The second kappa shape index (κ2) is 7.70. The Kier molecular flexibility index (Phi) is 5.28. The van der Waals surface area contributed by atoms with E-state index in [1.807, 2.05) is 30.3 Å². The molecule has 2 aromatic carbocycles. The summed E-state index contributed by atoms with van der Waals surface area (Å²) in [7, 11) is 0. The van der Waals surface area contributed by atoms with Crippen molar-refractivity contribution in [3.05, 3.63) is 71.0 Å². The fraction of sp³-hybridized carbons (Fsp3) is 0.435. The van der Waals surface area contributed by atoms with Gasteiger partial charge in [-0.2, -0.15) is 0 Å². The summed E-state index contributed by atoms with van der Waals surface area (Å²) in [6.07, 6.45) is 3.54. The first kappa shape index (κ1) is 19.2. The van der Waals surface area contributed by atoms with E-state index in [-0.39, 0.29) is 17.5 Å². The van der Waals surface area contributed by atoms with Gasteiger partial charge in [-0.1, -0.05) is 30.3 Å². The lowest BCUT2D eigenvalue weighted by molar-refractivity contribution is -0.145. The third-order valence-electron chi connectivity index (χ3n) is 6.19. The zero-order valence-corrected chi connectivity index (χ0v) is 15.6. The molecule has 2 aromatic rings. The molecule has 2 fully saturated rings. The molecule has 1 saturated heterocycles. The molecule has 148 valence electrons. The number of rotatable bonds is 4. The first-order chi connectivity index (χ1) is 13.5. The molecule has 3 atom stereocenters. The topological polar surface area (TPSA) is 26.3 Å². The normalized spacial score (nSPS) is 27.5. The largest absolute Gasteiger partial charge is 0.370 e. The third kappa shape index (κ3) is 3.72. The molecule has 0 amide bonds. The number of carbonyl (C=O) groups is 1. The number of aryl methyl sites for hydroxylation is 1. The maximum Gasteiger partial charge on any atom is 0.161 e. The zero-order valence-electron chi connectivity index (χ0n) is 15.6. The van der Waals surface area contributed by atoms with Crippen LogP contribution >= 0.6 is 0 Å². The molecule has 0 unspecified atom stereocenters. The Morgan fingerprint density at radius 3 is 2.46 bits per heavy atom. The van der Waals surface area contributed by atoms with Crippen molar-refractivity contribution in [3.63, 3.8) is 0 Å². The third-order valence-corrected chi connectivity index (χ3v) is 6.19. The summed E-state index contributed by atoms with van der Waals surface area (Å²) in [5.74, 6) is -2.95. The minimum Gasteiger partial charge on any atom is -0.370 e. The number of halogens is 3. The van der Waals surface area contributed by atoms with Crippen LogP contribution in [-0.2, 0) is 16.0 Å². The van der Waals surface area contributed by atoms with Crippen molar-refractivity contribution in [1.82, 2.24) is 0 Å². The molecule has 5 heteroatoms. The molecule has 1 aliphatic heterocycles. The average Bonchev–Trinajstić information content (AvgIpc) is 3.02. The number of carbonyl (C=O) groups excluding carboxylic acids is 1. The van der Waals surface area contributed by atoms with Crippen LogP contribution in [0.4, 0.5) is 13.2 Å². The molecule has 2 aliphatic rings. The highest BCUT2D eigenvalue weighted by Crippen LogP contribution is 2.51. The molecule has 28 heavy (non-hydrogen) atoms. The van der Waals surface area contributed by atoms with Crippen LogP contribution in [0.15, 0.2) is 42.5 Å². The first-order valence-corrected chi connectivity index (χ1v) is 9.84. The van der Waals surface area contributed by atoms with Crippen molar-refractivity contribution in [3.8, 4) is 0 Å². The lowest BCUT2D eigenvalue weighted by atomic mass is 9.71. The number of ketones is 1. The van der Waals surface area contributed by atoms with E-state index in [4.69, 9.17) is 4.74 Å². The van der Waals surface area contributed by atoms with Gasteiger partial charge in [-0.25, -0.2) is 13.2 Å². The summed E-state index contributed by atoms with van der Waals surface area (Å²) < 4.78 is 47.6. The smallest absolute Gasteiger partial charge is 0.161 e. The summed E-state index contributed by atoms with van der Waals surface area (Å²) in [5.41, 5.74) is 0.628. The van der Waals surface area contributed by atoms with Gasteiger partial charge in [0.1, 0.15) is 11.6 Å². The first-order valence-electron chi connectivity index (χ1n) is 9.84. The van der Waals surface area contributed by atoms with Crippen LogP contribution in [0.3, 0.4) is 0 Å². The molecule has 1 spiro atoms. The van der Waals surface area contributed by atoms with Gasteiger partial charge in [0.25, 0.3) is 0 Å². The maximum atomic E-state index is 14.4. The van der Waals surface area contributed by atoms with Crippen molar-refractivity contribution in [2.24, 2.45) is 5.41 Å². The van der Waals surface area contributed by atoms with Gasteiger partial charge >= 0.3 is 0 Å². The monoisotopic (exact) mass is 388 g/mol. The molecule has 1 heterocycles. The minimum absolute atomic E-state index is 0.00221. The SMILES string of the molecule is O=C1CCC[C@]12C[C@@H](CCc1ccccc1)O[C@@H](c1cc(F)c(F)cc1F)C2. The fourth-order valence-corrected chi connectivity index (χ4v) is 4.74. The highest BCUT2D eigenvalue weighted by Gasteiger charge is 2.49. The van der Waals surface area contributed by atoms with E-state index in [9.17, 15) is 18.0 Å². The number of Topliss-reactive ketones (excluding diaryl/α,β-unsaturated/α-hetero) is 1. The second-order valence-corrected chi connectivity index (χ2v) is 8.02. The molecule has 4 rings (SSSR count). The molecule has 1 aliphatic carbocycles. The van der Waals surface area contributed by atoms with Crippen molar-refractivity contribution >= 4 is 5.78 Å². The lowest BCUT2D eigenvalue weighted by Crippen LogP contribution is -2.40. The predicted molar refractivity (Wildman–Crippen MR) is 99.2 cm³/mol. The van der Waals surface area contributed by atoms with Crippen LogP contribution in [0.5, 0.6) is 0 Å². The van der Waals surface area contributed by atoms with Crippen LogP contribution in [0, 0.1) is 22.9 Å². The minimum atomic E-state index is -1.22. The van der Waals surface area contributed by atoms with E-state index in [0.29, 0.717) is 31.7 Å².